The number of rotatable bonds is 5. The lowest BCUT2D eigenvalue weighted by Gasteiger charge is -2.16. The Hall–Kier alpha value is -3.38. The van der Waals surface area contributed by atoms with E-state index in [9.17, 15) is 14.7 Å². The van der Waals surface area contributed by atoms with Gasteiger partial charge in [0.15, 0.2) is 5.43 Å². The number of amides is 1. The fourth-order valence-corrected chi connectivity index (χ4v) is 3.24. The quantitative estimate of drug-likeness (QED) is 0.535. The summed E-state index contributed by atoms with van der Waals surface area (Å²) in [4.78, 5) is 25.2. The Labute approximate surface area is 154 Å². The highest BCUT2D eigenvalue weighted by Crippen LogP contribution is 2.19. The number of nitrogens with zero attached hydrogens (tertiary/aromatic N) is 1. The molecule has 0 bridgehead atoms. The topological polar surface area (TPSA) is 84.5 Å². The minimum Gasteiger partial charge on any atom is -0.467 e. The smallest absolute Gasteiger partial charge is 0.240 e. The second-order valence-electron chi connectivity index (χ2n) is 6.28. The zero-order valence-corrected chi connectivity index (χ0v) is 14.5. The molecule has 1 amide bonds. The average Bonchev–Trinajstić information content (AvgIpc) is 3.24. The monoisotopic (exact) mass is 362 g/mol. The number of aliphatic hydroxyl groups excluding tert-OH is 1. The molecule has 2 N–H and O–H groups in total. The van der Waals surface area contributed by atoms with Crippen LogP contribution in [0.2, 0.25) is 0 Å². The molecule has 0 aliphatic carbocycles. The van der Waals surface area contributed by atoms with Crippen LogP contribution < -0.4 is 10.7 Å². The van der Waals surface area contributed by atoms with Crippen LogP contribution in [0.1, 0.15) is 11.9 Å². The second kappa shape index (κ2) is 7.09. The Morgan fingerprint density at radius 3 is 2.22 bits per heavy atom. The van der Waals surface area contributed by atoms with Gasteiger partial charge in [-0.1, -0.05) is 24.3 Å². The first-order valence-corrected chi connectivity index (χ1v) is 8.63. The summed E-state index contributed by atoms with van der Waals surface area (Å²) in [5.41, 5.74) is 1.34. The van der Waals surface area contributed by atoms with Crippen molar-refractivity contribution in [1.29, 1.82) is 0 Å². The molecule has 6 nitrogen and oxygen atoms in total. The maximum atomic E-state index is 12.7. The predicted molar refractivity (Wildman–Crippen MR) is 102 cm³/mol. The lowest BCUT2D eigenvalue weighted by Crippen LogP contribution is -2.32. The molecular weight excluding hydrogens is 344 g/mol. The van der Waals surface area contributed by atoms with Crippen molar-refractivity contribution in [2.75, 3.05) is 6.54 Å². The molecule has 0 saturated carbocycles. The van der Waals surface area contributed by atoms with Crippen LogP contribution in [0.3, 0.4) is 0 Å². The first-order valence-electron chi connectivity index (χ1n) is 8.63. The lowest BCUT2D eigenvalue weighted by atomic mass is 10.1. The Kier molecular flexibility index (Phi) is 4.48. The molecule has 0 saturated heterocycles. The van der Waals surface area contributed by atoms with Crippen molar-refractivity contribution in [3.8, 4) is 0 Å². The highest BCUT2D eigenvalue weighted by atomic mass is 16.4. The first kappa shape index (κ1) is 17.1. The number of furan rings is 1. The van der Waals surface area contributed by atoms with Gasteiger partial charge in [-0.15, -0.1) is 0 Å². The third-order valence-corrected chi connectivity index (χ3v) is 4.54. The first-order chi connectivity index (χ1) is 13.1. The number of aromatic nitrogens is 1. The summed E-state index contributed by atoms with van der Waals surface area (Å²) in [6, 6.07) is 17.8. The van der Waals surface area contributed by atoms with E-state index in [1.54, 1.807) is 24.3 Å². The van der Waals surface area contributed by atoms with Crippen LogP contribution in [0.5, 0.6) is 0 Å². The molecule has 4 aromatic rings. The Morgan fingerprint density at radius 2 is 1.63 bits per heavy atom. The summed E-state index contributed by atoms with van der Waals surface area (Å²) in [6.45, 7) is 0.0780. The number of carbonyl (C=O) groups is 1. The van der Waals surface area contributed by atoms with Crippen LogP contribution >= 0.6 is 0 Å². The van der Waals surface area contributed by atoms with Crippen LogP contribution in [0, 0.1) is 0 Å². The van der Waals surface area contributed by atoms with E-state index >= 15 is 0 Å². The normalized spacial score (nSPS) is 12.3. The third-order valence-electron chi connectivity index (χ3n) is 4.54. The van der Waals surface area contributed by atoms with Crippen LogP contribution in [0.25, 0.3) is 21.8 Å². The maximum absolute atomic E-state index is 12.7. The van der Waals surface area contributed by atoms with Gasteiger partial charge in [-0.25, -0.2) is 0 Å². The average molecular weight is 362 g/mol. The predicted octanol–water partition coefficient (Wildman–Crippen LogP) is 2.60. The van der Waals surface area contributed by atoms with E-state index < -0.39 is 6.10 Å². The number of para-hydroxylation sites is 2. The Bertz CT molecular complexity index is 1100. The number of hydrogen-bond donors (Lipinski definition) is 2. The van der Waals surface area contributed by atoms with Gasteiger partial charge in [-0.05, 0) is 36.4 Å². The minimum atomic E-state index is -0.911. The van der Waals surface area contributed by atoms with E-state index in [0.29, 0.717) is 27.6 Å². The number of pyridine rings is 1. The van der Waals surface area contributed by atoms with E-state index in [2.05, 4.69) is 5.32 Å². The minimum absolute atomic E-state index is 0.0339. The standard InChI is InChI=1S/C21H18N2O4/c24-18(19-10-5-11-27-19)12-22-20(25)13-23-16-8-3-1-6-14(16)21(26)15-7-2-4-9-17(15)23/h1-11,18,24H,12-13H2,(H,22,25). The SMILES string of the molecule is O=C(Cn1c2ccccc2c(=O)c2ccccc21)NCC(O)c1ccco1. The molecule has 2 aromatic carbocycles. The van der Waals surface area contributed by atoms with Gasteiger partial charge in [-0.3, -0.25) is 9.59 Å². The molecule has 0 radical (unpaired) electrons. The summed E-state index contributed by atoms with van der Waals surface area (Å²) in [5, 5.41) is 13.9. The zero-order chi connectivity index (χ0) is 18.8. The Morgan fingerprint density at radius 1 is 1.00 bits per heavy atom. The molecule has 2 heterocycles. The highest BCUT2D eigenvalue weighted by Gasteiger charge is 2.15. The number of nitrogens with one attached hydrogen (secondary N) is 1. The van der Waals surface area contributed by atoms with E-state index in [1.807, 2.05) is 41.0 Å². The van der Waals surface area contributed by atoms with Crippen molar-refractivity contribution in [3.05, 3.63) is 82.9 Å². The van der Waals surface area contributed by atoms with Crippen molar-refractivity contribution in [1.82, 2.24) is 9.88 Å². The van der Waals surface area contributed by atoms with Crippen LogP contribution in [0.4, 0.5) is 0 Å². The summed E-state index contributed by atoms with van der Waals surface area (Å²) in [6.07, 6.45) is 0.561. The van der Waals surface area contributed by atoms with Crippen molar-refractivity contribution in [2.24, 2.45) is 0 Å². The van der Waals surface area contributed by atoms with E-state index in [0.717, 1.165) is 0 Å². The maximum Gasteiger partial charge on any atom is 0.240 e. The molecule has 0 aliphatic rings. The Balaban J connectivity index is 1.65. The van der Waals surface area contributed by atoms with Crippen LogP contribution in [-0.2, 0) is 11.3 Å². The van der Waals surface area contributed by atoms with E-state index in [1.165, 1.54) is 6.26 Å². The summed E-state index contributed by atoms with van der Waals surface area (Å²) in [7, 11) is 0. The molecule has 136 valence electrons. The molecule has 4 rings (SSSR count). The zero-order valence-electron chi connectivity index (χ0n) is 14.5. The summed E-state index contributed by atoms with van der Waals surface area (Å²) in [5.74, 6) is 0.133. The lowest BCUT2D eigenvalue weighted by molar-refractivity contribution is -0.122. The fraction of sp³-hybridized carbons (Fsp3) is 0.143. The molecule has 1 unspecified atom stereocenters. The van der Waals surface area contributed by atoms with Crippen LogP contribution in [-0.4, -0.2) is 22.1 Å². The number of aliphatic hydroxyl groups is 1. The number of fused-ring (bicyclic) bond motifs is 2. The molecule has 6 heteroatoms. The molecule has 2 aromatic heterocycles. The van der Waals surface area contributed by atoms with E-state index in [4.69, 9.17) is 4.42 Å². The number of hydrogen-bond acceptors (Lipinski definition) is 4. The summed E-state index contributed by atoms with van der Waals surface area (Å²) < 4.78 is 6.95. The van der Waals surface area contributed by atoms with Gasteiger partial charge in [0.25, 0.3) is 0 Å². The number of benzene rings is 2. The van der Waals surface area contributed by atoms with E-state index in [-0.39, 0.29) is 24.4 Å². The number of carbonyl (C=O) groups excluding carboxylic acids is 1. The summed E-state index contributed by atoms with van der Waals surface area (Å²) >= 11 is 0. The van der Waals surface area contributed by atoms with Gasteiger partial charge >= 0.3 is 0 Å². The van der Waals surface area contributed by atoms with Crippen molar-refractivity contribution in [2.45, 2.75) is 12.6 Å². The largest absolute Gasteiger partial charge is 0.467 e. The fourth-order valence-electron chi connectivity index (χ4n) is 3.24. The van der Waals surface area contributed by atoms with Gasteiger partial charge in [0, 0.05) is 10.8 Å². The van der Waals surface area contributed by atoms with Gasteiger partial charge < -0.3 is 19.4 Å². The molecule has 1 atom stereocenters. The molecular formula is C21H18N2O4. The van der Waals surface area contributed by atoms with Gasteiger partial charge in [0.05, 0.1) is 23.8 Å². The van der Waals surface area contributed by atoms with Crippen molar-refractivity contribution >= 4 is 27.7 Å². The van der Waals surface area contributed by atoms with Gasteiger partial charge in [0.2, 0.25) is 5.91 Å². The third kappa shape index (κ3) is 3.22. The highest BCUT2D eigenvalue weighted by molar-refractivity contribution is 5.94. The molecule has 0 spiro atoms. The second-order valence-corrected chi connectivity index (χ2v) is 6.28. The van der Waals surface area contributed by atoms with Gasteiger partial charge in [-0.2, -0.15) is 0 Å². The molecule has 0 fully saturated rings. The van der Waals surface area contributed by atoms with Crippen molar-refractivity contribution in [3.63, 3.8) is 0 Å². The van der Waals surface area contributed by atoms with Crippen molar-refractivity contribution < 1.29 is 14.3 Å². The molecule has 0 aliphatic heterocycles. The molecule has 27 heavy (non-hydrogen) atoms. The van der Waals surface area contributed by atoms with Gasteiger partial charge in [0.1, 0.15) is 18.4 Å². The van der Waals surface area contributed by atoms with Crippen LogP contribution in [0.15, 0.2) is 76.1 Å².